The molecule has 1 aromatic heterocycles. The normalized spacial score (nSPS) is 20.8. The number of carbonyl (C=O) groups excluding carboxylic acids is 2. The first-order valence-electron chi connectivity index (χ1n) is 10.5. The number of fused-ring (bicyclic) bond motifs is 3. The van der Waals surface area contributed by atoms with E-state index in [1.54, 1.807) is 36.3 Å². The summed E-state index contributed by atoms with van der Waals surface area (Å²) in [4.78, 5) is 33.8. The van der Waals surface area contributed by atoms with Crippen molar-refractivity contribution >= 4 is 17.7 Å². The Kier molecular flexibility index (Phi) is 5.25. The summed E-state index contributed by atoms with van der Waals surface area (Å²) in [6.07, 6.45) is 1.52. The number of piperazine rings is 1. The molecule has 1 N–H and O–H groups in total. The van der Waals surface area contributed by atoms with Crippen LogP contribution in [0.25, 0.3) is 5.69 Å². The van der Waals surface area contributed by atoms with Crippen molar-refractivity contribution in [1.29, 1.82) is 0 Å². The molecular weight excluding hydrogens is 401 g/mol. The number of rotatable bonds is 1. The molecule has 0 radical (unpaired) electrons. The van der Waals surface area contributed by atoms with Gasteiger partial charge in [0.25, 0.3) is 0 Å². The molecule has 4 rings (SSSR count). The molecule has 3 heterocycles. The molecule has 2 aliphatic heterocycles. The minimum atomic E-state index is -0.675. The van der Waals surface area contributed by atoms with E-state index in [0.717, 1.165) is 0 Å². The van der Waals surface area contributed by atoms with Gasteiger partial charge in [-0.05, 0) is 52.8 Å². The smallest absolute Gasteiger partial charge is 0.359 e. The lowest BCUT2D eigenvalue weighted by Gasteiger charge is -2.40. The van der Waals surface area contributed by atoms with Crippen LogP contribution in [0.1, 0.15) is 50.8 Å². The third-order valence-corrected chi connectivity index (χ3v) is 5.31. The zero-order valence-corrected chi connectivity index (χ0v) is 18.5. The molecule has 166 valence electrons. The van der Waals surface area contributed by atoms with Gasteiger partial charge in [0.15, 0.2) is 5.69 Å². The van der Waals surface area contributed by atoms with Gasteiger partial charge in [-0.15, -0.1) is 0 Å². The molecule has 1 fully saturated rings. The number of ether oxygens (including phenoxy) is 1. The first-order chi connectivity index (χ1) is 14.5. The van der Waals surface area contributed by atoms with Crippen LogP contribution in [0.15, 0.2) is 24.5 Å². The number of amides is 2. The van der Waals surface area contributed by atoms with Crippen LogP contribution in [0.2, 0.25) is 0 Å². The van der Waals surface area contributed by atoms with Gasteiger partial charge < -0.3 is 15.0 Å². The molecule has 0 spiro atoms. The Balaban J connectivity index is 1.74. The number of aromatic nitrogens is 2. The number of anilines is 1. The highest BCUT2D eigenvalue weighted by atomic mass is 19.1. The molecule has 0 unspecified atom stereocenters. The number of imidazole rings is 1. The molecule has 31 heavy (non-hydrogen) atoms. The lowest BCUT2D eigenvalue weighted by molar-refractivity contribution is 0.00619. The lowest BCUT2D eigenvalue weighted by Crippen LogP contribution is -2.58. The van der Waals surface area contributed by atoms with Gasteiger partial charge in [0.2, 0.25) is 0 Å². The molecule has 1 saturated heterocycles. The third kappa shape index (κ3) is 4.14. The fraction of sp³-hybridized carbons (Fsp3) is 0.500. The van der Waals surface area contributed by atoms with Crippen molar-refractivity contribution in [3.8, 4) is 5.69 Å². The fourth-order valence-corrected chi connectivity index (χ4v) is 4.21. The fourth-order valence-electron chi connectivity index (χ4n) is 4.21. The minimum Gasteiger partial charge on any atom is -0.455 e. The Morgan fingerprint density at radius 3 is 2.48 bits per heavy atom. The average molecular weight is 429 g/mol. The topological polar surface area (TPSA) is 79.7 Å². The first kappa shape index (κ1) is 21.3. The minimum absolute atomic E-state index is 0.0938. The maximum absolute atomic E-state index is 14.1. The van der Waals surface area contributed by atoms with Gasteiger partial charge in [-0.2, -0.15) is 0 Å². The van der Waals surface area contributed by atoms with Crippen LogP contribution in [0.4, 0.5) is 14.9 Å². The summed E-state index contributed by atoms with van der Waals surface area (Å²) >= 11 is 0. The lowest BCUT2D eigenvalue weighted by atomic mass is 10.1. The number of esters is 1. The maximum atomic E-state index is 14.1. The highest BCUT2D eigenvalue weighted by Crippen LogP contribution is 2.35. The van der Waals surface area contributed by atoms with Gasteiger partial charge in [-0.25, -0.2) is 19.0 Å². The van der Waals surface area contributed by atoms with Gasteiger partial charge in [-0.3, -0.25) is 9.47 Å². The molecule has 2 aromatic rings. The van der Waals surface area contributed by atoms with Crippen molar-refractivity contribution in [2.24, 2.45) is 0 Å². The maximum Gasteiger partial charge on any atom is 0.359 e. The van der Waals surface area contributed by atoms with E-state index in [2.05, 4.69) is 10.3 Å². The van der Waals surface area contributed by atoms with Crippen LogP contribution in [0, 0.1) is 5.82 Å². The SMILES string of the molecule is C[C@@H]1CN(C(=O)N2Cc3c(C(=O)OC(C)(C)C)ncn3-c3ccc(F)cc32)C[C@H](C)N1. The van der Waals surface area contributed by atoms with Gasteiger partial charge in [0.05, 0.1) is 23.6 Å². The van der Waals surface area contributed by atoms with Crippen molar-refractivity contribution in [2.45, 2.75) is 58.8 Å². The van der Waals surface area contributed by atoms with E-state index < -0.39 is 17.4 Å². The number of benzene rings is 1. The summed E-state index contributed by atoms with van der Waals surface area (Å²) in [6.45, 7) is 10.6. The van der Waals surface area contributed by atoms with Crippen LogP contribution in [-0.2, 0) is 11.3 Å². The number of nitrogens with zero attached hydrogens (tertiary/aromatic N) is 4. The van der Waals surface area contributed by atoms with Crippen LogP contribution in [0.5, 0.6) is 0 Å². The molecule has 0 aliphatic carbocycles. The monoisotopic (exact) mass is 429 g/mol. The second kappa shape index (κ2) is 7.64. The van der Waals surface area contributed by atoms with Crippen molar-refractivity contribution in [3.63, 3.8) is 0 Å². The van der Waals surface area contributed by atoms with E-state index in [-0.39, 0.29) is 30.4 Å². The molecule has 8 nitrogen and oxygen atoms in total. The van der Waals surface area contributed by atoms with E-state index >= 15 is 0 Å². The molecule has 2 aliphatic rings. The van der Waals surface area contributed by atoms with Crippen LogP contribution >= 0.6 is 0 Å². The Hall–Kier alpha value is -2.94. The Bertz CT molecular complexity index is 1020. The summed E-state index contributed by atoms with van der Waals surface area (Å²) in [5, 5.41) is 3.40. The van der Waals surface area contributed by atoms with E-state index in [0.29, 0.717) is 30.2 Å². The molecule has 2 atom stereocenters. The van der Waals surface area contributed by atoms with Crippen molar-refractivity contribution < 1.29 is 18.7 Å². The third-order valence-electron chi connectivity index (χ3n) is 5.31. The predicted molar refractivity (Wildman–Crippen MR) is 114 cm³/mol. The zero-order chi connectivity index (χ0) is 22.5. The average Bonchev–Trinajstić information content (AvgIpc) is 3.08. The van der Waals surface area contributed by atoms with Crippen LogP contribution < -0.4 is 10.2 Å². The van der Waals surface area contributed by atoms with Gasteiger partial charge in [0, 0.05) is 25.2 Å². The number of hydrogen-bond donors (Lipinski definition) is 1. The van der Waals surface area contributed by atoms with Gasteiger partial charge in [0.1, 0.15) is 17.7 Å². The zero-order valence-electron chi connectivity index (χ0n) is 18.5. The second-order valence-electron chi connectivity index (χ2n) is 9.29. The molecule has 0 saturated carbocycles. The largest absolute Gasteiger partial charge is 0.455 e. The summed E-state index contributed by atoms with van der Waals surface area (Å²) in [6, 6.07) is 4.34. The van der Waals surface area contributed by atoms with Crippen molar-refractivity contribution in [2.75, 3.05) is 18.0 Å². The molecule has 0 bridgehead atoms. The van der Waals surface area contributed by atoms with E-state index in [1.807, 2.05) is 13.8 Å². The number of carbonyl (C=O) groups is 2. The van der Waals surface area contributed by atoms with E-state index in [9.17, 15) is 14.0 Å². The van der Waals surface area contributed by atoms with E-state index in [1.165, 1.54) is 23.4 Å². The molecular formula is C22H28FN5O3. The van der Waals surface area contributed by atoms with Crippen molar-refractivity contribution in [1.82, 2.24) is 19.8 Å². The molecule has 2 amide bonds. The highest BCUT2D eigenvalue weighted by molar-refractivity contribution is 5.97. The highest BCUT2D eigenvalue weighted by Gasteiger charge is 2.36. The standard InChI is InChI=1S/C22H28FN5O3/c1-13-9-26(10-14(2)25-13)21(30)27-11-18-19(20(29)31-22(3,4)5)24-12-28(18)16-7-6-15(23)8-17(16)27/h6-8,12-14,25H,9-11H2,1-5H3/t13-,14+. The van der Waals surface area contributed by atoms with Gasteiger partial charge >= 0.3 is 12.0 Å². The van der Waals surface area contributed by atoms with Gasteiger partial charge in [-0.1, -0.05) is 0 Å². The predicted octanol–water partition coefficient (Wildman–Crippen LogP) is 3.09. The van der Waals surface area contributed by atoms with Crippen LogP contribution in [-0.4, -0.2) is 57.2 Å². The number of hydrogen-bond acceptors (Lipinski definition) is 5. The van der Waals surface area contributed by atoms with Crippen LogP contribution in [0.3, 0.4) is 0 Å². The van der Waals surface area contributed by atoms with E-state index in [4.69, 9.17) is 4.74 Å². The number of urea groups is 1. The Morgan fingerprint density at radius 1 is 1.16 bits per heavy atom. The first-order valence-corrected chi connectivity index (χ1v) is 10.5. The number of nitrogens with one attached hydrogen (secondary N) is 1. The second-order valence-corrected chi connectivity index (χ2v) is 9.29. The summed E-state index contributed by atoms with van der Waals surface area (Å²) in [5.41, 5.74) is 1.06. The molecule has 1 aromatic carbocycles. The Labute approximate surface area is 181 Å². The molecule has 9 heteroatoms. The Morgan fingerprint density at radius 2 is 1.84 bits per heavy atom. The summed E-state index contributed by atoms with van der Waals surface area (Å²) in [5.74, 6) is -0.988. The van der Waals surface area contributed by atoms with Crippen molar-refractivity contribution in [3.05, 3.63) is 41.7 Å². The number of halogens is 1. The summed E-state index contributed by atoms with van der Waals surface area (Å²) < 4.78 is 21.4. The summed E-state index contributed by atoms with van der Waals surface area (Å²) in [7, 11) is 0. The quantitative estimate of drug-likeness (QED) is 0.705.